The number of benzene rings is 2. The molecule has 0 amide bonds. The van der Waals surface area contributed by atoms with Gasteiger partial charge in [0.15, 0.2) is 5.82 Å². The lowest BCUT2D eigenvalue weighted by Crippen LogP contribution is -1.96. The molecule has 2 heterocycles. The number of pyridine rings is 1. The maximum atomic E-state index is 13.2. The van der Waals surface area contributed by atoms with E-state index in [9.17, 15) is 8.42 Å². The Morgan fingerprint density at radius 3 is 2.41 bits per heavy atom. The van der Waals surface area contributed by atoms with Gasteiger partial charge in [0, 0.05) is 44.9 Å². The molecule has 2 unspecified atom stereocenters. The molecule has 0 saturated carbocycles. The third-order valence-electron chi connectivity index (χ3n) is 4.89. The summed E-state index contributed by atoms with van der Waals surface area (Å²) in [7, 11) is -3.64. The second-order valence-corrected chi connectivity index (χ2v) is 11.9. The molecule has 0 bridgehead atoms. The van der Waals surface area contributed by atoms with Crippen LogP contribution < -0.4 is 0 Å². The molecule has 0 aliphatic rings. The van der Waals surface area contributed by atoms with Crippen LogP contribution in [0.15, 0.2) is 87.1 Å². The predicted molar refractivity (Wildman–Crippen MR) is 133 cm³/mol. The molecule has 2 atom stereocenters. The van der Waals surface area contributed by atoms with Crippen molar-refractivity contribution in [1.82, 2.24) is 9.97 Å². The second kappa shape index (κ2) is 9.44. The van der Waals surface area contributed by atoms with E-state index >= 15 is 0 Å². The molecule has 0 fully saturated rings. The zero-order valence-electron chi connectivity index (χ0n) is 18.0. The summed E-state index contributed by atoms with van der Waals surface area (Å²) in [6.45, 7) is 2.08. The van der Waals surface area contributed by atoms with Crippen molar-refractivity contribution in [3.8, 4) is 21.7 Å². The van der Waals surface area contributed by atoms with Gasteiger partial charge in [-0.1, -0.05) is 37.3 Å². The summed E-state index contributed by atoms with van der Waals surface area (Å²) in [6, 6.07) is 20.7. The largest absolute Gasteiger partial charge is 0.255 e. The highest BCUT2D eigenvalue weighted by Gasteiger charge is 2.16. The minimum absolute atomic E-state index is 0.424. The third-order valence-corrected chi connectivity index (χ3v) is 8.76. The van der Waals surface area contributed by atoms with Crippen LogP contribution in [0.25, 0.3) is 21.7 Å². The summed E-state index contributed by atoms with van der Waals surface area (Å²) >= 11 is 1.63. The minimum Gasteiger partial charge on any atom is -0.255 e. The zero-order chi connectivity index (χ0) is 22.7. The van der Waals surface area contributed by atoms with Gasteiger partial charge in [-0.05, 0) is 48.4 Å². The van der Waals surface area contributed by atoms with Gasteiger partial charge in [-0.2, -0.15) is 4.36 Å². The highest BCUT2D eigenvalue weighted by molar-refractivity contribution is 7.93. The highest BCUT2D eigenvalue weighted by atomic mass is 32.2. The normalized spacial score (nSPS) is 14.0. The van der Waals surface area contributed by atoms with Crippen LogP contribution in [0, 0.1) is 0 Å². The Balaban J connectivity index is 1.78. The van der Waals surface area contributed by atoms with Crippen molar-refractivity contribution >= 4 is 37.7 Å². The number of hydrogen-bond donors (Lipinski definition) is 0. The SMILES string of the molecule is CCc1nc(-c2ccc(S(C)=O)cc2)c(-c2ccnc(N=S(C)(=O)c3ccccc3)c2)s1. The monoisotopic (exact) mass is 481 g/mol. The van der Waals surface area contributed by atoms with Crippen molar-refractivity contribution in [2.24, 2.45) is 4.36 Å². The van der Waals surface area contributed by atoms with E-state index in [0.717, 1.165) is 38.0 Å². The van der Waals surface area contributed by atoms with E-state index in [4.69, 9.17) is 4.98 Å². The van der Waals surface area contributed by atoms with Gasteiger partial charge in [-0.25, -0.2) is 14.2 Å². The second-order valence-electron chi connectivity index (χ2n) is 7.23. The lowest BCUT2D eigenvalue weighted by Gasteiger charge is -2.06. The highest BCUT2D eigenvalue weighted by Crippen LogP contribution is 2.38. The van der Waals surface area contributed by atoms with Crippen LogP contribution in [0.2, 0.25) is 0 Å². The average molecular weight is 482 g/mol. The molecule has 0 aliphatic heterocycles. The van der Waals surface area contributed by atoms with Crippen LogP contribution in [0.3, 0.4) is 0 Å². The van der Waals surface area contributed by atoms with Crippen molar-refractivity contribution in [2.45, 2.75) is 23.1 Å². The molecular weight excluding hydrogens is 458 g/mol. The number of aromatic nitrogens is 2. The maximum absolute atomic E-state index is 13.2. The first-order valence-electron chi connectivity index (χ1n) is 10.0. The van der Waals surface area contributed by atoms with Gasteiger partial charge in [0.1, 0.15) is 0 Å². The van der Waals surface area contributed by atoms with Gasteiger partial charge in [-0.15, -0.1) is 11.3 Å². The van der Waals surface area contributed by atoms with Gasteiger partial charge >= 0.3 is 0 Å². The molecule has 164 valence electrons. The third kappa shape index (κ3) is 4.87. The topological polar surface area (TPSA) is 72.3 Å². The molecule has 0 N–H and O–H groups in total. The summed E-state index contributed by atoms with van der Waals surface area (Å²) < 4.78 is 29.4. The van der Waals surface area contributed by atoms with Crippen molar-refractivity contribution < 1.29 is 8.42 Å². The number of thiazole rings is 1. The van der Waals surface area contributed by atoms with Crippen LogP contribution >= 0.6 is 11.3 Å². The molecule has 0 radical (unpaired) electrons. The Morgan fingerprint density at radius 1 is 1.03 bits per heavy atom. The van der Waals surface area contributed by atoms with Crippen molar-refractivity contribution in [2.75, 3.05) is 12.5 Å². The van der Waals surface area contributed by atoms with Crippen LogP contribution in [0.1, 0.15) is 11.9 Å². The zero-order valence-corrected chi connectivity index (χ0v) is 20.5. The molecular formula is C24H23N3O2S3. The number of rotatable bonds is 6. The van der Waals surface area contributed by atoms with Gasteiger partial charge in [-0.3, -0.25) is 4.21 Å². The van der Waals surface area contributed by atoms with Gasteiger partial charge in [0.2, 0.25) is 0 Å². The van der Waals surface area contributed by atoms with Gasteiger partial charge in [0.25, 0.3) is 0 Å². The summed E-state index contributed by atoms with van der Waals surface area (Å²) in [5, 5.41) is 1.03. The van der Waals surface area contributed by atoms with Gasteiger partial charge in [0.05, 0.1) is 25.3 Å². The van der Waals surface area contributed by atoms with Crippen molar-refractivity contribution in [1.29, 1.82) is 0 Å². The van der Waals surface area contributed by atoms with Gasteiger partial charge < -0.3 is 0 Å². The van der Waals surface area contributed by atoms with Crippen molar-refractivity contribution in [3.63, 3.8) is 0 Å². The van der Waals surface area contributed by atoms with E-state index in [1.54, 1.807) is 30.0 Å². The maximum Gasteiger partial charge on any atom is 0.162 e. The van der Waals surface area contributed by atoms with E-state index in [0.29, 0.717) is 10.7 Å². The fourth-order valence-electron chi connectivity index (χ4n) is 3.23. The minimum atomic E-state index is -2.62. The number of hydrogen-bond acceptors (Lipinski definition) is 6. The quantitative estimate of drug-likeness (QED) is 0.341. The lowest BCUT2D eigenvalue weighted by molar-refractivity contribution is 0.680. The average Bonchev–Trinajstić information content (AvgIpc) is 3.24. The summed E-state index contributed by atoms with van der Waals surface area (Å²) in [6.07, 6.45) is 5.81. The van der Waals surface area contributed by atoms with Crippen LogP contribution in [-0.4, -0.2) is 30.9 Å². The Labute approximate surface area is 195 Å². The molecule has 4 aromatic rings. The molecule has 5 nitrogen and oxygen atoms in total. The van der Waals surface area contributed by atoms with E-state index < -0.39 is 20.5 Å². The van der Waals surface area contributed by atoms with E-state index in [1.165, 1.54) is 0 Å². The molecule has 32 heavy (non-hydrogen) atoms. The molecule has 0 aliphatic carbocycles. The first-order valence-corrected chi connectivity index (χ1v) is 14.3. The molecule has 8 heteroatoms. The predicted octanol–water partition coefficient (Wildman–Crippen LogP) is 5.96. The van der Waals surface area contributed by atoms with E-state index in [2.05, 4.69) is 16.3 Å². The fraction of sp³-hybridized carbons (Fsp3) is 0.167. The summed E-state index contributed by atoms with van der Waals surface area (Å²) in [5.74, 6) is 0.424. The standard InChI is InChI=1S/C24H23N3O2S3/c1-4-22-26-23(17-10-12-19(13-11-17)31(2)28)24(30-22)18-14-15-25-21(16-18)27-32(3,29)20-8-6-5-7-9-20/h5-16H,4H2,1-3H3. The first kappa shape index (κ1) is 22.5. The van der Waals surface area contributed by atoms with E-state index in [-0.39, 0.29) is 0 Å². The lowest BCUT2D eigenvalue weighted by atomic mass is 10.1. The Bertz CT molecular complexity index is 1390. The Hall–Kier alpha value is -2.68. The first-order chi connectivity index (χ1) is 15.4. The van der Waals surface area contributed by atoms with E-state index in [1.807, 2.05) is 66.7 Å². The smallest absolute Gasteiger partial charge is 0.162 e. The fourth-order valence-corrected chi connectivity index (χ4v) is 5.99. The van der Waals surface area contributed by atoms with Crippen LogP contribution in [0.4, 0.5) is 5.82 Å². The number of aryl methyl sites for hydroxylation is 1. The van der Waals surface area contributed by atoms with Crippen LogP contribution in [0.5, 0.6) is 0 Å². The molecule has 0 spiro atoms. The Kier molecular flexibility index (Phi) is 6.64. The summed E-state index contributed by atoms with van der Waals surface area (Å²) in [5.41, 5.74) is 2.76. The summed E-state index contributed by atoms with van der Waals surface area (Å²) in [4.78, 5) is 11.6. The molecule has 0 saturated heterocycles. The molecule has 2 aromatic carbocycles. The number of nitrogens with zero attached hydrogens (tertiary/aromatic N) is 3. The van der Waals surface area contributed by atoms with Crippen LogP contribution in [-0.2, 0) is 26.9 Å². The Morgan fingerprint density at radius 2 is 1.75 bits per heavy atom. The molecule has 2 aromatic heterocycles. The van der Waals surface area contributed by atoms with Crippen molar-refractivity contribution in [3.05, 3.63) is 77.9 Å². The molecule has 4 rings (SSSR count).